The number of hydrogen-bond acceptors (Lipinski definition) is 5. The number of nitrogens with one attached hydrogen (secondary N) is 1. The normalized spacial score (nSPS) is 11.6. The molecule has 0 aliphatic carbocycles. The number of ether oxygens (including phenoxy) is 2. The summed E-state index contributed by atoms with van der Waals surface area (Å²) in [5.41, 5.74) is 2.84. The van der Waals surface area contributed by atoms with Crippen LogP contribution < -0.4 is 5.32 Å². The highest BCUT2D eigenvalue weighted by Gasteiger charge is 2.22. The molecule has 1 N–H and O–H groups in total. The van der Waals surface area contributed by atoms with Crippen LogP contribution in [0.25, 0.3) is 6.08 Å². The summed E-state index contributed by atoms with van der Waals surface area (Å²) >= 11 is 0. The zero-order valence-corrected chi connectivity index (χ0v) is 15.9. The fourth-order valence-corrected chi connectivity index (χ4v) is 2.45. The van der Waals surface area contributed by atoms with Gasteiger partial charge in [0.25, 0.3) is 5.91 Å². The van der Waals surface area contributed by atoms with E-state index in [0.29, 0.717) is 0 Å². The van der Waals surface area contributed by atoms with E-state index in [1.165, 1.54) is 13.2 Å². The summed E-state index contributed by atoms with van der Waals surface area (Å²) in [4.78, 5) is 35.8. The van der Waals surface area contributed by atoms with Gasteiger partial charge in [0.1, 0.15) is 6.04 Å². The van der Waals surface area contributed by atoms with Crippen molar-refractivity contribution in [3.05, 3.63) is 77.4 Å². The minimum absolute atomic E-state index is 0.278. The van der Waals surface area contributed by atoms with Crippen molar-refractivity contribution in [1.82, 2.24) is 5.32 Å². The Morgan fingerprint density at radius 2 is 1.71 bits per heavy atom. The number of carbonyl (C=O) groups is 3. The van der Waals surface area contributed by atoms with Gasteiger partial charge in [-0.05, 0) is 24.1 Å². The van der Waals surface area contributed by atoms with Crippen molar-refractivity contribution in [2.45, 2.75) is 19.4 Å². The lowest BCUT2D eigenvalue weighted by Gasteiger charge is -2.16. The van der Waals surface area contributed by atoms with Crippen LogP contribution >= 0.6 is 0 Å². The lowest BCUT2D eigenvalue weighted by Crippen LogP contribution is -2.44. The molecule has 146 valence electrons. The van der Waals surface area contributed by atoms with Crippen LogP contribution in [0, 0.1) is 6.92 Å². The number of carbonyl (C=O) groups excluding carboxylic acids is 3. The first-order valence-corrected chi connectivity index (χ1v) is 8.80. The molecule has 1 atom stereocenters. The molecule has 2 aromatic rings. The molecule has 6 heteroatoms. The molecule has 0 fully saturated rings. The predicted molar refractivity (Wildman–Crippen MR) is 105 cm³/mol. The minimum Gasteiger partial charge on any atom is -0.467 e. The molecule has 0 unspecified atom stereocenters. The van der Waals surface area contributed by atoms with Crippen LogP contribution in [0.5, 0.6) is 0 Å². The second kappa shape index (κ2) is 10.7. The number of aryl methyl sites for hydroxylation is 1. The number of rotatable bonds is 8. The zero-order chi connectivity index (χ0) is 20.4. The molecular weight excluding hydrogens is 358 g/mol. The Bertz CT molecular complexity index is 828. The van der Waals surface area contributed by atoms with Crippen LogP contribution in [-0.2, 0) is 30.3 Å². The molecular formula is C22H23NO5. The van der Waals surface area contributed by atoms with Crippen molar-refractivity contribution >= 4 is 23.9 Å². The average Bonchev–Trinajstić information content (AvgIpc) is 2.71. The van der Waals surface area contributed by atoms with Gasteiger partial charge in [-0.2, -0.15) is 0 Å². The summed E-state index contributed by atoms with van der Waals surface area (Å²) in [7, 11) is 1.25. The summed E-state index contributed by atoms with van der Waals surface area (Å²) in [5, 5.41) is 2.54. The Labute approximate surface area is 164 Å². The van der Waals surface area contributed by atoms with Gasteiger partial charge in [-0.1, -0.05) is 60.2 Å². The molecule has 0 aliphatic rings. The van der Waals surface area contributed by atoms with Gasteiger partial charge >= 0.3 is 11.9 Å². The van der Waals surface area contributed by atoms with Crippen molar-refractivity contribution < 1.29 is 23.9 Å². The van der Waals surface area contributed by atoms with E-state index in [-0.39, 0.29) is 6.42 Å². The Morgan fingerprint density at radius 3 is 2.36 bits per heavy atom. The maximum Gasteiger partial charge on any atom is 0.331 e. The number of benzene rings is 2. The third-order valence-corrected chi connectivity index (χ3v) is 3.94. The number of amides is 1. The van der Waals surface area contributed by atoms with Gasteiger partial charge in [0.15, 0.2) is 6.61 Å². The fourth-order valence-electron chi connectivity index (χ4n) is 2.45. The topological polar surface area (TPSA) is 81.7 Å². The van der Waals surface area contributed by atoms with Crippen LogP contribution in [-0.4, -0.2) is 37.6 Å². The molecule has 2 rings (SSSR count). The predicted octanol–water partition coefficient (Wildman–Crippen LogP) is 2.45. The van der Waals surface area contributed by atoms with Crippen molar-refractivity contribution in [3.8, 4) is 0 Å². The van der Waals surface area contributed by atoms with Gasteiger partial charge in [0.2, 0.25) is 0 Å². The first-order valence-electron chi connectivity index (χ1n) is 8.80. The molecule has 28 heavy (non-hydrogen) atoms. The number of methoxy groups -OCH3 is 1. The standard InChI is InChI=1S/C22H23NO5/c1-16-8-10-17(11-9-16)12-13-21(25)28-15-20(24)23-19(22(26)27-2)14-18-6-4-3-5-7-18/h3-13,19H,14-15H2,1-2H3,(H,23,24)/b13-12+/t19-/m0/s1. The van der Waals surface area contributed by atoms with E-state index >= 15 is 0 Å². The van der Waals surface area contributed by atoms with E-state index in [0.717, 1.165) is 16.7 Å². The number of esters is 2. The van der Waals surface area contributed by atoms with E-state index < -0.39 is 30.5 Å². The van der Waals surface area contributed by atoms with E-state index in [4.69, 9.17) is 9.47 Å². The summed E-state index contributed by atoms with van der Waals surface area (Å²) in [6.07, 6.45) is 3.13. The minimum atomic E-state index is -0.860. The van der Waals surface area contributed by atoms with Gasteiger partial charge in [0.05, 0.1) is 7.11 Å². The summed E-state index contributed by atoms with van der Waals surface area (Å²) in [6, 6.07) is 16.0. The highest BCUT2D eigenvalue weighted by molar-refractivity contribution is 5.90. The number of hydrogen-bond donors (Lipinski definition) is 1. The van der Waals surface area contributed by atoms with E-state index in [9.17, 15) is 14.4 Å². The molecule has 0 saturated carbocycles. The lowest BCUT2D eigenvalue weighted by atomic mass is 10.1. The smallest absolute Gasteiger partial charge is 0.331 e. The third-order valence-electron chi connectivity index (χ3n) is 3.94. The van der Waals surface area contributed by atoms with Gasteiger partial charge in [0, 0.05) is 12.5 Å². The van der Waals surface area contributed by atoms with Gasteiger partial charge in [-0.3, -0.25) is 4.79 Å². The van der Waals surface area contributed by atoms with Crippen LogP contribution in [0.3, 0.4) is 0 Å². The highest BCUT2D eigenvalue weighted by atomic mass is 16.5. The third kappa shape index (κ3) is 7.07. The van der Waals surface area contributed by atoms with Gasteiger partial charge in [-0.25, -0.2) is 9.59 Å². The average molecular weight is 381 g/mol. The lowest BCUT2D eigenvalue weighted by molar-refractivity contribution is -0.147. The second-order valence-electron chi connectivity index (χ2n) is 6.18. The summed E-state index contributed by atoms with van der Waals surface area (Å²) in [6.45, 7) is 1.49. The monoisotopic (exact) mass is 381 g/mol. The molecule has 0 heterocycles. The first-order chi connectivity index (χ1) is 13.5. The Kier molecular flexibility index (Phi) is 7.96. The Balaban J connectivity index is 1.85. The maximum absolute atomic E-state index is 12.1. The van der Waals surface area contributed by atoms with Crippen molar-refractivity contribution in [3.63, 3.8) is 0 Å². The largest absolute Gasteiger partial charge is 0.467 e. The Hall–Kier alpha value is -3.41. The van der Waals surface area contributed by atoms with E-state index in [1.54, 1.807) is 6.08 Å². The molecule has 0 aliphatic heterocycles. The zero-order valence-electron chi connectivity index (χ0n) is 15.9. The van der Waals surface area contributed by atoms with Crippen LogP contribution in [0.4, 0.5) is 0 Å². The highest BCUT2D eigenvalue weighted by Crippen LogP contribution is 2.06. The van der Waals surface area contributed by atoms with Gasteiger partial charge in [-0.15, -0.1) is 0 Å². The quantitative estimate of drug-likeness (QED) is 0.561. The van der Waals surface area contributed by atoms with Crippen LogP contribution in [0.15, 0.2) is 60.7 Å². The van der Waals surface area contributed by atoms with Crippen LogP contribution in [0.2, 0.25) is 0 Å². The Morgan fingerprint density at radius 1 is 1.04 bits per heavy atom. The van der Waals surface area contributed by atoms with Crippen molar-refractivity contribution in [1.29, 1.82) is 0 Å². The molecule has 0 radical (unpaired) electrons. The van der Waals surface area contributed by atoms with E-state index in [2.05, 4.69) is 5.32 Å². The molecule has 0 aromatic heterocycles. The first kappa shape index (κ1) is 20.9. The van der Waals surface area contributed by atoms with Crippen molar-refractivity contribution in [2.75, 3.05) is 13.7 Å². The SMILES string of the molecule is COC(=O)[C@H](Cc1ccccc1)NC(=O)COC(=O)/C=C/c1ccc(C)cc1. The molecule has 2 aromatic carbocycles. The van der Waals surface area contributed by atoms with E-state index in [1.807, 2.05) is 61.5 Å². The summed E-state index contributed by atoms with van der Waals surface area (Å²) in [5.74, 6) is -1.79. The van der Waals surface area contributed by atoms with Crippen molar-refractivity contribution in [2.24, 2.45) is 0 Å². The molecule has 1 amide bonds. The maximum atomic E-state index is 12.1. The molecule has 0 bridgehead atoms. The van der Waals surface area contributed by atoms with Crippen LogP contribution in [0.1, 0.15) is 16.7 Å². The second-order valence-corrected chi connectivity index (χ2v) is 6.18. The molecule has 0 saturated heterocycles. The summed E-state index contributed by atoms with van der Waals surface area (Å²) < 4.78 is 9.66. The fraction of sp³-hybridized carbons (Fsp3) is 0.227. The molecule has 6 nitrogen and oxygen atoms in total. The molecule has 0 spiro atoms. The van der Waals surface area contributed by atoms with Gasteiger partial charge < -0.3 is 14.8 Å².